The lowest BCUT2D eigenvalue weighted by atomic mass is 9.87. The first-order valence-corrected chi connectivity index (χ1v) is 18.9. The first-order valence-electron chi connectivity index (χ1n) is 18.9. The summed E-state index contributed by atoms with van der Waals surface area (Å²) in [5.41, 5.74) is 21.0. The minimum Gasteiger partial charge on any atom is -0.354 e. The molecule has 1 N–H and O–H groups in total. The van der Waals surface area contributed by atoms with Crippen LogP contribution in [0.2, 0.25) is 0 Å². The molecule has 0 atom stereocenters. The van der Waals surface area contributed by atoms with E-state index in [9.17, 15) is 0 Å². The molecule has 0 unspecified atom stereocenters. The summed E-state index contributed by atoms with van der Waals surface area (Å²) < 4.78 is 0. The normalized spacial score (nSPS) is 14.8. The van der Waals surface area contributed by atoms with Gasteiger partial charge in [-0.25, -0.2) is 4.99 Å². The van der Waals surface area contributed by atoms with Crippen LogP contribution in [0.15, 0.2) is 168 Å². The lowest BCUT2D eigenvalue weighted by Crippen LogP contribution is -2.00. The summed E-state index contributed by atoms with van der Waals surface area (Å²) in [5, 5.41) is 0. The lowest BCUT2D eigenvalue weighted by molar-refractivity contribution is 0.976. The van der Waals surface area contributed by atoms with Crippen LogP contribution < -0.4 is 0 Å². The summed E-state index contributed by atoms with van der Waals surface area (Å²) in [6.45, 7) is 12.6. The van der Waals surface area contributed by atoms with Gasteiger partial charge in [0, 0.05) is 28.0 Å². The first kappa shape index (κ1) is 35.4. The van der Waals surface area contributed by atoms with E-state index in [1.165, 1.54) is 50.1 Å². The van der Waals surface area contributed by atoms with E-state index in [1.54, 1.807) is 0 Å². The topological polar surface area (TPSA) is 28.1 Å². The average molecular weight is 689 g/mol. The van der Waals surface area contributed by atoms with E-state index in [1.807, 2.05) is 13.8 Å². The Bertz CT molecular complexity index is 2370. The van der Waals surface area contributed by atoms with Crippen molar-refractivity contribution < 1.29 is 0 Å². The first-order chi connectivity index (χ1) is 25.9. The van der Waals surface area contributed by atoms with Crippen molar-refractivity contribution in [1.82, 2.24) is 4.98 Å². The Labute approximate surface area is 315 Å². The van der Waals surface area contributed by atoms with Gasteiger partial charge in [0.1, 0.15) is 0 Å². The summed E-state index contributed by atoms with van der Waals surface area (Å²) in [4.78, 5) is 9.52. The quantitative estimate of drug-likeness (QED) is 0.173. The Balaban J connectivity index is 0.00000214. The highest BCUT2D eigenvalue weighted by molar-refractivity contribution is 6.20. The average Bonchev–Trinajstić information content (AvgIpc) is 3.84. The van der Waals surface area contributed by atoms with E-state index in [0.29, 0.717) is 0 Å². The number of hydrogen-bond donors (Lipinski definition) is 1. The molecule has 8 rings (SSSR count). The molecule has 2 heteroatoms. The van der Waals surface area contributed by atoms with Gasteiger partial charge in [0.05, 0.1) is 17.1 Å². The van der Waals surface area contributed by atoms with Gasteiger partial charge >= 0.3 is 0 Å². The van der Waals surface area contributed by atoms with Crippen LogP contribution in [-0.2, 0) is 0 Å². The fourth-order valence-electron chi connectivity index (χ4n) is 7.05. The minimum atomic E-state index is 0.973. The highest BCUT2D eigenvalue weighted by Crippen LogP contribution is 2.44. The van der Waals surface area contributed by atoms with Gasteiger partial charge in [-0.3, -0.25) is 0 Å². The van der Waals surface area contributed by atoms with Crippen LogP contribution in [0, 0.1) is 20.8 Å². The summed E-state index contributed by atoms with van der Waals surface area (Å²) in [6, 6.07) is 48.4. The number of aromatic nitrogens is 1. The van der Waals surface area contributed by atoms with Gasteiger partial charge < -0.3 is 4.98 Å². The predicted molar refractivity (Wildman–Crippen MR) is 228 cm³/mol. The molecule has 1 aromatic heterocycles. The van der Waals surface area contributed by atoms with Crippen molar-refractivity contribution in [2.24, 2.45) is 4.99 Å². The van der Waals surface area contributed by atoms with Crippen LogP contribution in [0.3, 0.4) is 0 Å². The number of aliphatic imine (C=N–C) groups is 1. The number of rotatable bonds is 7. The number of benzene rings is 5. The molecular weight excluding hydrogens is 641 g/mol. The van der Waals surface area contributed by atoms with Crippen molar-refractivity contribution in [3.8, 4) is 22.4 Å². The Morgan fingerprint density at radius 3 is 1.68 bits per heavy atom. The second-order valence-corrected chi connectivity index (χ2v) is 14.0. The molecule has 2 aliphatic rings. The summed E-state index contributed by atoms with van der Waals surface area (Å²) in [5.74, 6) is 0. The molecule has 0 saturated heterocycles. The van der Waals surface area contributed by atoms with Gasteiger partial charge in [0.2, 0.25) is 0 Å². The maximum atomic E-state index is 5.55. The summed E-state index contributed by atoms with van der Waals surface area (Å²) in [7, 11) is 0. The highest BCUT2D eigenvalue weighted by Gasteiger charge is 2.27. The Kier molecular flexibility index (Phi) is 10.5. The van der Waals surface area contributed by atoms with E-state index in [4.69, 9.17) is 4.99 Å². The molecule has 6 aromatic rings. The third-order valence-corrected chi connectivity index (χ3v) is 10.1. The van der Waals surface area contributed by atoms with Crippen molar-refractivity contribution in [1.29, 1.82) is 0 Å². The molecular formula is C51H48N2. The van der Waals surface area contributed by atoms with Crippen molar-refractivity contribution in [3.63, 3.8) is 0 Å². The molecule has 0 fully saturated rings. The second kappa shape index (κ2) is 15.7. The minimum absolute atomic E-state index is 0.973. The summed E-state index contributed by atoms with van der Waals surface area (Å²) in [6.07, 6.45) is 8.92. The van der Waals surface area contributed by atoms with E-state index < -0.39 is 0 Å². The standard InChI is InChI=1S/C49H42N2.C2H6/c1-32-10-18-38(19-11-32)43-30-45(40-22-14-34(3)15-23-40)50-48(43)47(42-28-26-37(27-29-42)36-8-6-5-7-9-36)49-44(39-20-12-33(2)13-21-39)31-46(51-49)41-24-16-35(4)17-25-41;1-2/h5-12,14-20,22-31,51H,13,21H2,1-4H3;1-2H3/b48-47-;. The van der Waals surface area contributed by atoms with Gasteiger partial charge in [-0.05, 0) is 86.1 Å². The summed E-state index contributed by atoms with van der Waals surface area (Å²) >= 11 is 0. The third-order valence-electron chi connectivity index (χ3n) is 10.1. The van der Waals surface area contributed by atoms with Crippen LogP contribution in [0.5, 0.6) is 0 Å². The number of nitrogens with one attached hydrogen (secondary N) is 1. The predicted octanol–water partition coefficient (Wildman–Crippen LogP) is 13.8. The van der Waals surface area contributed by atoms with E-state index in [0.717, 1.165) is 63.5 Å². The molecule has 0 bridgehead atoms. The van der Waals surface area contributed by atoms with Gasteiger partial charge in [-0.15, -0.1) is 0 Å². The molecule has 5 aromatic carbocycles. The molecule has 0 spiro atoms. The molecule has 0 saturated carbocycles. The van der Waals surface area contributed by atoms with Crippen LogP contribution in [-0.4, -0.2) is 10.7 Å². The van der Waals surface area contributed by atoms with Crippen LogP contribution in [0.25, 0.3) is 39.1 Å². The Morgan fingerprint density at radius 2 is 1.09 bits per heavy atom. The number of H-pyrrole nitrogens is 1. The number of nitrogens with zero attached hydrogens (tertiary/aromatic N) is 1. The molecule has 0 radical (unpaired) electrons. The maximum Gasteiger partial charge on any atom is 0.0815 e. The molecule has 2 heterocycles. The smallest absolute Gasteiger partial charge is 0.0815 e. The fraction of sp³-hybridized carbons (Fsp3) is 0.157. The van der Waals surface area contributed by atoms with E-state index in [-0.39, 0.29) is 0 Å². The van der Waals surface area contributed by atoms with Crippen molar-refractivity contribution in [3.05, 3.63) is 208 Å². The van der Waals surface area contributed by atoms with Crippen molar-refractivity contribution in [2.75, 3.05) is 0 Å². The van der Waals surface area contributed by atoms with Gasteiger partial charge in [0.25, 0.3) is 0 Å². The van der Waals surface area contributed by atoms with E-state index in [2.05, 4.69) is 184 Å². The van der Waals surface area contributed by atoms with Gasteiger partial charge in [-0.2, -0.15) is 0 Å². The van der Waals surface area contributed by atoms with Crippen LogP contribution >= 0.6 is 0 Å². The number of aromatic amines is 1. The Morgan fingerprint density at radius 1 is 0.547 bits per heavy atom. The number of allylic oxidation sites excluding steroid dienone is 6. The van der Waals surface area contributed by atoms with E-state index >= 15 is 0 Å². The highest BCUT2D eigenvalue weighted by atomic mass is 14.8. The van der Waals surface area contributed by atoms with Crippen molar-refractivity contribution in [2.45, 2.75) is 54.4 Å². The molecule has 1 aliphatic heterocycles. The van der Waals surface area contributed by atoms with Crippen molar-refractivity contribution >= 4 is 22.4 Å². The molecule has 1 aliphatic carbocycles. The molecule has 262 valence electrons. The third kappa shape index (κ3) is 7.64. The van der Waals surface area contributed by atoms with Gasteiger partial charge in [-0.1, -0.05) is 176 Å². The zero-order valence-corrected chi connectivity index (χ0v) is 31.8. The fourth-order valence-corrected chi connectivity index (χ4v) is 7.05. The second-order valence-electron chi connectivity index (χ2n) is 14.0. The zero-order valence-electron chi connectivity index (χ0n) is 31.8. The maximum absolute atomic E-state index is 5.55. The SMILES string of the molecule is CC.CC1=CC=C(c2cc(-c3ccc(C)cc3)[nH]c2/C(=C2\N=C(c3ccc(C)cc3)C=C2c2ccc(C)cc2)c2ccc(-c3ccccc3)cc2)CC1. The van der Waals surface area contributed by atoms with Gasteiger partial charge in [0.15, 0.2) is 0 Å². The van der Waals surface area contributed by atoms with Crippen LogP contribution in [0.4, 0.5) is 0 Å². The lowest BCUT2D eigenvalue weighted by Gasteiger charge is -2.18. The number of hydrogen-bond acceptors (Lipinski definition) is 1. The molecule has 53 heavy (non-hydrogen) atoms. The van der Waals surface area contributed by atoms with Crippen LogP contribution in [0.1, 0.15) is 78.3 Å². The Hall–Kier alpha value is -5.99. The largest absolute Gasteiger partial charge is 0.354 e. The monoisotopic (exact) mass is 688 g/mol. The molecule has 2 nitrogen and oxygen atoms in total. The molecule has 0 amide bonds. The zero-order chi connectivity index (χ0) is 36.9. The number of aryl methyl sites for hydroxylation is 3.